The van der Waals surface area contributed by atoms with Crippen LogP contribution in [0.25, 0.3) is 10.8 Å². The Bertz CT molecular complexity index is 1420. The number of carbonyl (C=O) groups is 5. The standard InChI is InChI=1S/C11H8O2.2C8H6O4.2C2H4/c12-11(13)10-7-3-5-8-4-1-2-6-9(8)10;9-7(10)5-1-2-6(4-3-5)8(11)12;9-7(10)5-2-1-3-6(4-5)8(11)12;2*1-2/h1-7H,(H,12,13);2*1-4H,(H,9,10)(H,11,12);2*1-2H2. The Kier molecular flexibility index (Phi) is 15.6. The molecule has 4 aromatic carbocycles. The first-order valence-electron chi connectivity index (χ1n) is 11.4. The lowest BCUT2D eigenvalue weighted by atomic mass is 10.1. The predicted octanol–water partition coefficient (Wildman–Crippen LogP) is 6.31. The Balaban J connectivity index is 0.000000552. The number of hydrogen-bond acceptors (Lipinski definition) is 5. The Morgan fingerprint density at radius 2 is 0.780 bits per heavy atom. The van der Waals surface area contributed by atoms with Crippen LogP contribution in [0.4, 0.5) is 0 Å². The average molecular weight is 561 g/mol. The van der Waals surface area contributed by atoms with Crippen LogP contribution in [0.1, 0.15) is 51.8 Å². The lowest BCUT2D eigenvalue weighted by Crippen LogP contribution is -2.01. The fraction of sp³-hybridized carbons (Fsp3) is 0. The van der Waals surface area contributed by atoms with E-state index in [9.17, 15) is 24.0 Å². The van der Waals surface area contributed by atoms with Crippen molar-refractivity contribution in [3.63, 3.8) is 0 Å². The second-order valence-corrected chi connectivity index (χ2v) is 7.21. The maximum Gasteiger partial charge on any atom is 0.336 e. The van der Waals surface area contributed by atoms with E-state index in [1.807, 2.05) is 30.3 Å². The highest BCUT2D eigenvalue weighted by atomic mass is 16.4. The first-order valence-corrected chi connectivity index (χ1v) is 11.4. The van der Waals surface area contributed by atoms with E-state index in [1.54, 1.807) is 12.1 Å². The summed E-state index contributed by atoms with van der Waals surface area (Å²) >= 11 is 0. The molecule has 0 aliphatic carbocycles. The van der Waals surface area contributed by atoms with Gasteiger partial charge in [0.05, 0.1) is 27.8 Å². The van der Waals surface area contributed by atoms with Crippen LogP contribution in [0.5, 0.6) is 0 Å². The molecule has 212 valence electrons. The Hall–Kier alpha value is -6.03. The fourth-order valence-electron chi connectivity index (χ4n) is 2.95. The quantitative estimate of drug-likeness (QED) is 0.173. The minimum Gasteiger partial charge on any atom is -0.478 e. The first-order chi connectivity index (χ1) is 19.5. The molecule has 0 radical (unpaired) electrons. The number of benzene rings is 4. The topological polar surface area (TPSA) is 186 Å². The molecule has 0 aliphatic heterocycles. The van der Waals surface area contributed by atoms with E-state index in [0.717, 1.165) is 16.8 Å². The van der Waals surface area contributed by atoms with Gasteiger partial charge in [-0.3, -0.25) is 0 Å². The van der Waals surface area contributed by atoms with Crippen molar-refractivity contribution in [2.75, 3.05) is 0 Å². The molecule has 0 fully saturated rings. The van der Waals surface area contributed by atoms with Gasteiger partial charge in [0.2, 0.25) is 0 Å². The molecule has 10 nitrogen and oxygen atoms in total. The molecule has 0 atom stereocenters. The summed E-state index contributed by atoms with van der Waals surface area (Å²) in [5, 5.41) is 44.6. The van der Waals surface area contributed by atoms with E-state index in [-0.39, 0.29) is 22.3 Å². The molecule has 4 aromatic rings. The van der Waals surface area contributed by atoms with Crippen molar-refractivity contribution < 1.29 is 49.5 Å². The van der Waals surface area contributed by atoms with Crippen LogP contribution in [-0.4, -0.2) is 55.4 Å². The van der Waals surface area contributed by atoms with Gasteiger partial charge in [-0.2, -0.15) is 0 Å². The Labute approximate surface area is 235 Å². The zero-order valence-corrected chi connectivity index (χ0v) is 21.8. The number of aromatic carboxylic acids is 5. The van der Waals surface area contributed by atoms with Crippen LogP contribution in [0, 0.1) is 0 Å². The average Bonchev–Trinajstić information content (AvgIpc) is 2.99. The molecule has 41 heavy (non-hydrogen) atoms. The summed E-state index contributed by atoms with van der Waals surface area (Å²) in [7, 11) is 0. The minimum atomic E-state index is -1.13. The van der Waals surface area contributed by atoms with Gasteiger partial charge in [-0.25, -0.2) is 24.0 Å². The third-order valence-electron chi connectivity index (χ3n) is 4.76. The SMILES string of the molecule is C=C.C=C.O=C(O)c1ccc(C(=O)O)cc1.O=C(O)c1cccc(C(=O)O)c1.O=C(O)c1cccc2ccccc12. The highest BCUT2D eigenvalue weighted by molar-refractivity contribution is 6.03. The van der Waals surface area contributed by atoms with Crippen LogP contribution < -0.4 is 0 Å². The Morgan fingerprint density at radius 3 is 1.17 bits per heavy atom. The van der Waals surface area contributed by atoms with Gasteiger partial charge in [-0.05, 0) is 59.3 Å². The smallest absolute Gasteiger partial charge is 0.336 e. The number of carboxylic acid groups (broad SMARTS) is 5. The zero-order valence-electron chi connectivity index (χ0n) is 21.8. The van der Waals surface area contributed by atoms with Gasteiger partial charge in [-0.1, -0.05) is 42.5 Å². The summed E-state index contributed by atoms with van der Waals surface area (Å²) in [5.41, 5.74) is 0.489. The van der Waals surface area contributed by atoms with Crippen molar-refractivity contribution >= 4 is 40.6 Å². The number of rotatable bonds is 5. The second-order valence-electron chi connectivity index (χ2n) is 7.21. The number of fused-ring (bicyclic) bond motifs is 1. The molecule has 0 saturated carbocycles. The van der Waals surface area contributed by atoms with Crippen molar-refractivity contribution in [1.82, 2.24) is 0 Å². The summed E-state index contributed by atoms with van der Waals surface area (Å²) in [6, 6.07) is 23.0. The van der Waals surface area contributed by atoms with Crippen molar-refractivity contribution in [3.05, 3.63) is 145 Å². The molecule has 10 heteroatoms. The van der Waals surface area contributed by atoms with Crippen LogP contribution in [0.15, 0.2) is 117 Å². The number of hydrogen-bond donors (Lipinski definition) is 5. The molecule has 0 aromatic heterocycles. The summed E-state index contributed by atoms with van der Waals surface area (Å²) in [5.74, 6) is -5.26. The molecular weight excluding hydrogens is 532 g/mol. The molecule has 0 aliphatic rings. The highest BCUT2D eigenvalue weighted by Gasteiger charge is 2.07. The second kappa shape index (κ2) is 18.3. The number of carboxylic acids is 5. The first kappa shape index (κ1) is 35.0. The molecular formula is C31H28O10. The maximum absolute atomic E-state index is 10.8. The third-order valence-corrected chi connectivity index (χ3v) is 4.76. The molecule has 0 bridgehead atoms. The van der Waals surface area contributed by atoms with Crippen LogP contribution in [0.3, 0.4) is 0 Å². The van der Waals surface area contributed by atoms with Gasteiger partial charge in [-0.15, -0.1) is 26.3 Å². The largest absolute Gasteiger partial charge is 0.478 e. The van der Waals surface area contributed by atoms with E-state index in [0.29, 0.717) is 5.56 Å². The molecule has 5 N–H and O–H groups in total. The zero-order chi connectivity index (χ0) is 31.5. The maximum atomic E-state index is 10.8. The molecule has 0 heterocycles. The van der Waals surface area contributed by atoms with Crippen molar-refractivity contribution in [1.29, 1.82) is 0 Å². The van der Waals surface area contributed by atoms with Gasteiger partial charge < -0.3 is 25.5 Å². The molecule has 0 saturated heterocycles. The lowest BCUT2D eigenvalue weighted by molar-refractivity contribution is 0.0681. The van der Waals surface area contributed by atoms with Crippen molar-refractivity contribution in [2.45, 2.75) is 0 Å². The lowest BCUT2D eigenvalue weighted by Gasteiger charge is -2.00. The van der Waals surface area contributed by atoms with Gasteiger partial charge in [0.15, 0.2) is 0 Å². The predicted molar refractivity (Wildman–Crippen MR) is 154 cm³/mol. The molecule has 0 amide bonds. The van der Waals surface area contributed by atoms with Crippen molar-refractivity contribution in [2.24, 2.45) is 0 Å². The van der Waals surface area contributed by atoms with Crippen LogP contribution in [0.2, 0.25) is 0 Å². The molecule has 0 unspecified atom stereocenters. The highest BCUT2D eigenvalue weighted by Crippen LogP contribution is 2.18. The van der Waals surface area contributed by atoms with Gasteiger partial charge >= 0.3 is 29.8 Å². The van der Waals surface area contributed by atoms with E-state index in [2.05, 4.69) is 26.3 Å². The van der Waals surface area contributed by atoms with E-state index in [4.69, 9.17) is 25.5 Å². The van der Waals surface area contributed by atoms with Gasteiger partial charge in [0.1, 0.15) is 0 Å². The summed E-state index contributed by atoms with van der Waals surface area (Å²) in [6.07, 6.45) is 0. The van der Waals surface area contributed by atoms with Crippen LogP contribution >= 0.6 is 0 Å². The molecule has 0 spiro atoms. The summed E-state index contributed by atoms with van der Waals surface area (Å²) < 4.78 is 0. The monoisotopic (exact) mass is 560 g/mol. The minimum absolute atomic E-state index is 0.0186. The fourth-order valence-corrected chi connectivity index (χ4v) is 2.95. The Morgan fingerprint density at radius 1 is 0.415 bits per heavy atom. The van der Waals surface area contributed by atoms with Crippen molar-refractivity contribution in [3.8, 4) is 0 Å². The third kappa shape index (κ3) is 11.5. The van der Waals surface area contributed by atoms with Crippen LogP contribution in [-0.2, 0) is 0 Å². The van der Waals surface area contributed by atoms with E-state index >= 15 is 0 Å². The normalized spacial score (nSPS) is 8.88. The van der Waals surface area contributed by atoms with E-state index in [1.165, 1.54) is 42.5 Å². The summed E-state index contributed by atoms with van der Waals surface area (Å²) in [4.78, 5) is 52.2. The van der Waals surface area contributed by atoms with Gasteiger partial charge in [0.25, 0.3) is 0 Å². The van der Waals surface area contributed by atoms with Gasteiger partial charge in [0, 0.05) is 0 Å². The summed E-state index contributed by atoms with van der Waals surface area (Å²) in [6.45, 7) is 12.0. The molecule has 4 rings (SSSR count). The van der Waals surface area contributed by atoms with E-state index < -0.39 is 29.8 Å².